The predicted molar refractivity (Wildman–Crippen MR) is 78.5 cm³/mol. The van der Waals surface area contributed by atoms with Crippen molar-refractivity contribution in [3.63, 3.8) is 0 Å². The molecular formula is C15H18N4O. The maximum Gasteiger partial charge on any atom is 0.253 e. The fourth-order valence-electron chi connectivity index (χ4n) is 1.81. The minimum atomic E-state index is -0.142. The maximum absolute atomic E-state index is 12.1. The van der Waals surface area contributed by atoms with Crippen LogP contribution in [0.4, 0.5) is 5.82 Å². The van der Waals surface area contributed by atoms with Gasteiger partial charge in [-0.05, 0) is 37.6 Å². The molecular weight excluding hydrogens is 252 g/mol. The normalized spacial score (nSPS) is 11.7. The molecule has 0 aliphatic rings. The summed E-state index contributed by atoms with van der Waals surface area (Å²) in [5, 5.41) is 6.01. The molecule has 1 amide bonds. The Kier molecular flexibility index (Phi) is 4.65. The zero-order valence-electron chi connectivity index (χ0n) is 11.6. The van der Waals surface area contributed by atoms with Crippen LogP contribution in [0.2, 0.25) is 0 Å². The standard InChI is InChI=1S/C15H18N4O/c1-3-17-14-7-6-13(10-18-14)15(20)19-11(2)12-5-4-8-16-9-12/h4-11H,3H2,1-2H3,(H,17,18)(H,19,20). The summed E-state index contributed by atoms with van der Waals surface area (Å²) in [7, 11) is 0. The lowest BCUT2D eigenvalue weighted by Crippen LogP contribution is -2.26. The highest BCUT2D eigenvalue weighted by atomic mass is 16.1. The number of amides is 1. The minimum absolute atomic E-state index is 0.0929. The minimum Gasteiger partial charge on any atom is -0.370 e. The lowest BCUT2D eigenvalue weighted by atomic mass is 10.1. The smallest absolute Gasteiger partial charge is 0.253 e. The third-order valence-corrected chi connectivity index (χ3v) is 2.92. The number of hydrogen-bond donors (Lipinski definition) is 2. The van der Waals surface area contributed by atoms with Crippen LogP contribution >= 0.6 is 0 Å². The van der Waals surface area contributed by atoms with Gasteiger partial charge in [0.1, 0.15) is 5.82 Å². The molecule has 0 aliphatic heterocycles. The highest BCUT2D eigenvalue weighted by Gasteiger charge is 2.11. The highest BCUT2D eigenvalue weighted by Crippen LogP contribution is 2.11. The molecule has 0 bridgehead atoms. The number of rotatable bonds is 5. The van der Waals surface area contributed by atoms with Gasteiger partial charge >= 0.3 is 0 Å². The molecule has 5 heteroatoms. The first-order chi connectivity index (χ1) is 9.70. The van der Waals surface area contributed by atoms with Gasteiger partial charge in [0.2, 0.25) is 0 Å². The number of anilines is 1. The Morgan fingerprint density at radius 3 is 2.75 bits per heavy atom. The number of hydrogen-bond acceptors (Lipinski definition) is 4. The van der Waals surface area contributed by atoms with E-state index in [-0.39, 0.29) is 11.9 Å². The quantitative estimate of drug-likeness (QED) is 0.875. The maximum atomic E-state index is 12.1. The van der Waals surface area contributed by atoms with Gasteiger partial charge in [-0.15, -0.1) is 0 Å². The van der Waals surface area contributed by atoms with Gasteiger partial charge in [-0.25, -0.2) is 4.98 Å². The highest BCUT2D eigenvalue weighted by molar-refractivity contribution is 5.94. The van der Waals surface area contributed by atoms with Crippen molar-refractivity contribution < 1.29 is 4.79 Å². The molecule has 1 unspecified atom stereocenters. The predicted octanol–water partition coefficient (Wildman–Crippen LogP) is 2.40. The second-order valence-electron chi connectivity index (χ2n) is 4.44. The molecule has 1 atom stereocenters. The summed E-state index contributed by atoms with van der Waals surface area (Å²) in [6.07, 6.45) is 5.03. The zero-order chi connectivity index (χ0) is 14.4. The summed E-state index contributed by atoms with van der Waals surface area (Å²) in [5.41, 5.74) is 1.51. The van der Waals surface area contributed by atoms with Crippen LogP contribution < -0.4 is 10.6 Å². The van der Waals surface area contributed by atoms with Crippen LogP contribution in [0, 0.1) is 0 Å². The molecule has 0 saturated carbocycles. The Hall–Kier alpha value is -2.43. The molecule has 0 aromatic carbocycles. The summed E-state index contributed by atoms with van der Waals surface area (Å²) in [5.74, 6) is 0.626. The molecule has 2 aromatic rings. The van der Waals surface area contributed by atoms with Crippen molar-refractivity contribution in [3.8, 4) is 0 Å². The van der Waals surface area contributed by atoms with Crippen molar-refractivity contribution in [2.45, 2.75) is 19.9 Å². The Labute approximate surface area is 118 Å². The van der Waals surface area contributed by atoms with Gasteiger partial charge < -0.3 is 10.6 Å². The molecule has 104 valence electrons. The van der Waals surface area contributed by atoms with E-state index in [1.807, 2.05) is 26.0 Å². The van der Waals surface area contributed by atoms with Crippen LogP contribution in [0.25, 0.3) is 0 Å². The summed E-state index contributed by atoms with van der Waals surface area (Å²) < 4.78 is 0. The average molecular weight is 270 g/mol. The van der Waals surface area contributed by atoms with Crippen molar-refractivity contribution in [2.24, 2.45) is 0 Å². The van der Waals surface area contributed by atoms with Crippen molar-refractivity contribution in [2.75, 3.05) is 11.9 Å². The lowest BCUT2D eigenvalue weighted by Gasteiger charge is -2.13. The van der Waals surface area contributed by atoms with Crippen LogP contribution in [0.15, 0.2) is 42.9 Å². The van der Waals surface area contributed by atoms with Crippen LogP contribution in [0.3, 0.4) is 0 Å². The third-order valence-electron chi connectivity index (χ3n) is 2.92. The summed E-state index contributed by atoms with van der Waals surface area (Å²) in [6, 6.07) is 7.25. The van der Waals surface area contributed by atoms with Gasteiger partial charge in [0.05, 0.1) is 11.6 Å². The molecule has 0 saturated heterocycles. The van der Waals surface area contributed by atoms with Crippen LogP contribution in [0.5, 0.6) is 0 Å². The molecule has 0 spiro atoms. The first kappa shape index (κ1) is 14.0. The SMILES string of the molecule is CCNc1ccc(C(=O)NC(C)c2cccnc2)cn1. The van der Waals surface area contributed by atoms with Crippen molar-refractivity contribution in [1.29, 1.82) is 0 Å². The van der Waals surface area contributed by atoms with E-state index in [0.717, 1.165) is 17.9 Å². The Bertz CT molecular complexity index is 554. The zero-order valence-corrected chi connectivity index (χ0v) is 11.6. The van der Waals surface area contributed by atoms with Gasteiger partial charge in [0.25, 0.3) is 5.91 Å². The second-order valence-corrected chi connectivity index (χ2v) is 4.44. The molecule has 20 heavy (non-hydrogen) atoms. The van der Waals surface area contributed by atoms with E-state index in [1.165, 1.54) is 0 Å². The van der Waals surface area contributed by atoms with Gasteiger partial charge in [-0.2, -0.15) is 0 Å². The Morgan fingerprint density at radius 1 is 1.30 bits per heavy atom. The van der Waals surface area contributed by atoms with Gasteiger partial charge in [0.15, 0.2) is 0 Å². The summed E-state index contributed by atoms with van der Waals surface area (Å²) in [4.78, 5) is 20.3. The van der Waals surface area contributed by atoms with Crippen molar-refractivity contribution in [3.05, 3.63) is 54.0 Å². The molecule has 5 nitrogen and oxygen atoms in total. The largest absolute Gasteiger partial charge is 0.370 e. The summed E-state index contributed by atoms with van der Waals surface area (Å²) >= 11 is 0. The molecule has 2 rings (SSSR count). The fraction of sp³-hybridized carbons (Fsp3) is 0.267. The van der Waals surface area contributed by atoms with E-state index >= 15 is 0 Å². The van der Waals surface area contributed by atoms with E-state index < -0.39 is 0 Å². The molecule has 2 N–H and O–H groups in total. The van der Waals surface area contributed by atoms with Gasteiger partial charge in [-0.1, -0.05) is 6.07 Å². The number of aromatic nitrogens is 2. The second kappa shape index (κ2) is 6.65. The van der Waals surface area contributed by atoms with Crippen molar-refractivity contribution in [1.82, 2.24) is 15.3 Å². The van der Waals surface area contributed by atoms with E-state index in [4.69, 9.17) is 0 Å². The lowest BCUT2D eigenvalue weighted by molar-refractivity contribution is 0.0939. The van der Waals surface area contributed by atoms with E-state index in [0.29, 0.717) is 5.56 Å². The Balaban J connectivity index is 2.01. The van der Waals surface area contributed by atoms with E-state index in [1.54, 1.807) is 30.7 Å². The molecule has 2 heterocycles. The third kappa shape index (κ3) is 3.54. The topological polar surface area (TPSA) is 66.9 Å². The monoisotopic (exact) mass is 270 g/mol. The van der Waals surface area contributed by atoms with Crippen LogP contribution in [-0.2, 0) is 0 Å². The number of nitrogens with one attached hydrogen (secondary N) is 2. The number of carbonyl (C=O) groups is 1. The van der Waals surface area contributed by atoms with E-state index in [2.05, 4.69) is 20.6 Å². The number of pyridine rings is 2. The number of nitrogens with zero attached hydrogens (tertiary/aromatic N) is 2. The molecule has 0 fully saturated rings. The average Bonchev–Trinajstić information content (AvgIpc) is 2.49. The van der Waals surface area contributed by atoms with Crippen molar-refractivity contribution >= 4 is 11.7 Å². The van der Waals surface area contributed by atoms with E-state index in [9.17, 15) is 4.79 Å². The molecule has 0 aliphatic carbocycles. The van der Waals surface area contributed by atoms with Gasteiger partial charge in [-0.3, -0.25) is 9.78 Å². The molecule has 0 radical (unpaired) electrons. The van der Waals surface area contributed by atoms with Crippen LogP contribution in [-0.4, -0.2) is 22.4 Å². The Morgan fingerprint density at radius 2 is 2.15 bits per heavy atom. The van der Waals surface area contributed by atoms with Gasteiger partial charge in [0, 0.05) is 25.1 Å². The first-order valence-corrected chi connectivity index (χ1v) is 6.61. The first-order valence-electron chi connectivity index (χ1n) is 6.61. The fourth-order valence-corrected chi connectivity index (χ4v) is 1.81. The molecule has 2 aromatic heterocycles. The van der Waals surface area contributed by atoms with Crippen LogP contribution in [0.1, 0.15) is 35.8 Å². The number of carbonyl (C=O) groups excluding carboxylic acids is 1. The summed E-state index contributed by atoms with van der Waals surface area (Å²) in [6.45, 7) is 4.73.